The number of halogens is 1. The molecule has 1 heterocycles. The Balaban J connectivity index is 1.45. The number of aliphatic hydroxyl groups excluding tert-OH is 1. The summed E-state index contributed by atoms with van der Waals surface area (Å²) in [6, 6.07) is 10.3. The maximum Gasteiger partial charge on any atom is 0.274 e. The number of benzene rings is 2. The minimum absolute atomic E-state index is 0.128. The molecule has 2 aromatic carbocycles. The summed E-state index contributed by atoms with van der Waals surface area (Å²) >= 11 is 1.48. The molecule has 1 N–H and O–H groups in total. The van der Waals surface area contributed by atoms with Crippen LogP contribution in [0.2, 0.25) is 0 Å². The molecule has 2 aliphatic rings. The molecule has 0 radical (unpaired) electrons. The number of carbonyl (C=O) groups is 1. The maximum atomic E-state index is 14.4. The first-order valence-electron chi connectivity index (χ1n) is 12.3. The second-order valence-corrected chi connectivity index (χ2v) is 10.8. The van der Waals surface area contributed by atoms with Crippen LogP contribution in [0.3, 0.4) is 0 Å². The fourth-order valence-corrected chi connectivity index (χ4v) is 5.52. The Labute approximate surface area is 214 Å². The van der Waals surface area contributed by atoms with E-state index in [9.17, 15) is 14.3 Å². The smallest absolute Gasteiger partial charge is 0.274 e. The molecule has 190 valence electrons. The Bertz CT molecular complexity index is 1270. The number of rotatable bonds is 10. The Hall–Kier alpha value is -2.97. The number of carbonyl (C=O) groups excluding carboxylic acids is 1. The van der Waals surface area contributed by atoms with Gasteiger partial charge in [-0.3, -0.25) is 4.79 Å². The number of thiazole rings is 1. The van der Waals surface area contributed by atoms with Crippen molar-refractivity contribution in [3.05, 3.63) is 64.0 Å². The van der Waals surface area contributed by atoms with E-state index in [4.69, 9.17) is 14.5 Å². The number of hydrogen-bond donors (Lipinski definition) is 1. The molecule has 1 amide bonds. The van der Waals surface area contributed by atoms with E-state index in [1.54, 1.807) is 50.3 Å². The molecule has 36 heavy (non-hydrogen) atoms. The first-order chi connectivity index (χ1) is 17.4. The number of methoxy groups -OCH3 is 2. The van der Waals surface area contributed by atoms with Gasteiger partial charge in [0.1, 0.15) is 11.5 Å². The third-order valence-corrected chi connectivity index (χ3v) is 8.12. The molecule has 2 saturated carbocycles. The van der Waals surface area contributed by atoms with Gasteiger partial charge in [0, 0.05) is 12.5 Å². The first kappa shape index (κ1) is 24.7. The van der Waals surface area contributed by atoms with E-state index in [-0.39, 0.29) is 18.3 Å². The van der Waals surface area contributed by atoms with Crippen molar-refractivity contribution in [1.29, 1.82) is 0 Å². The van der Waals surface area contributed by atoms with E-state index < -0.39 is 6.10 Å². The Morgan fingerprint density at radius 3 is 2.53 bits per heavy atom. The van der Waals surface area contributed by atoms with Crippen LogP contribution in [0.15, 0.2) is 36.4 Å². The van der Waals surface area contributed by atoms with E-state index in [1.807, 2.05) is 6.07 Å². The molecule has 0 bridgehead atoms. The Morgan fingerprint density at radius 2 is 1.89 bits per heavy atom. The third kappa shape index (κ3) is 5.25. The molecular formula is C28H31FN2O4S. The molecule has 1 aromatic heterocycles. The van der Waals surface area contributed by atoms with Crippen LogP contribution < -0.4 is 9.47 Å². The molecule has 0 aliphatic heterocycles. The van der Waals surface area contributed by atoms with Crippen molar-refractivity contribution in [2.45, 2.75) is 44.6 Å². The molecule has 8 heteroatoms. The first-order valence-corrected chi connectivity index (χ1v) is 13.2. The minimum atomic E-state index is -0.908. The number of aliphatic hydroxyl groups is 1. The third-order valence-electron chi connectivity index (χ3n) is 6.86. The normalized spacial score (nSPS) is 16.0. The van der Waals surface area contributed by atoms with Gasteiger partial charge in [0.25, 0.3) is 5.91 Å². The van der Waals surface area contributed by atoms with E-state index in [0.717, 1.165) is 30.7 Å². The summed E-state index contributed by atoms with van der Waals surface area (Å²) in [5.41, 5.74) is 2.22. The highest BCUT2D eigenvalue weighted by atomic mass is 32.1. The molecule has 2 fully saturated rings. The zero-order valence-corrected chi connectivity index (χ0v) is 21.6. The van der Waals surface area contributed by atoms with Gasteiger partial charge in [-0.15, -0.1) is 11.3 Å². The van der Waals surface area contributed by atoms with Crippen molar-refractivity contribution < 1.29 is 23.8 Å². The van der Waals surface area contributed by atoms with Gasteiger partial charge in [-0.25, -0.2) is 9.37 Å². The summed E-state index contributed by atoms with van der Waals surface area (Å²) in [5, 5.41) is 12.0. The predicted molar refractivity (Wildman–Crippen MR) is 137 cm³/mol. The maximum absolute atomic E-state index is 14.4. The average molecular weight is 511 g/mol. The number of nitrogens with zero attached hydrogens (tertiary/aromatic N) is 2. The highest BCUT2D eigenvalue weighted by molar-refractivity contribution is 7.15. The van der Waals surface area contributed by atoms with Gasteiger partial charge in [-0.2, -0.15) is 0 Å². The summed E-state index contributed by atoms with van der Waals surface area (Å²) in [6.07, 6.45) is 3.35. The molecular weight excluding hydrogens is 479 g/mol. The van der Waals surface area contributed by atoms with Crippen molar-refractivity contribution in [3.63, 3.8) is 0 Å². The zero-order chi connectivity index (χ0) is 25.4. The summed E-state index contributed by atoms with van der Waals surface area (Å²) in [7, 11) is 3.11. The van der Waals surface area contributed by atoms with Gasteiger partial charge in [0.15, 0.2) is 11.5 Å². The fraction of sp³-hybridized carbons (Fsp3) is 0.429. The topological polar surface area (TPSA) is 71.9 Å². The number of aryl methyl sites for hydroxylation is 1. The monoisotopic (exact) mass is 510 g/mol. The van der Waals surface area contributed by atoms with Crippen LogP contribution >= 0.6 is 11.3 Å². The largest absolute Gasteiger partial charge is 0.493 e. The highest BCUT2D eigenvalue weighted by Crippen LogP contribution is 2.45. The van der Waals surface area contributed by atoms with Gasteiger partial charge >= 0.3 is 0 Å². The van der Waals surface area contributed by atoms with Crippen LogP contribution in [0.5, 0.6) is 11.5 Å². The second kappa shape index (κ2) is 10.2. The Kier molecular flexibility index (Phi) is 6.99. The standard InChI is InChI=1S/C28H31FN2O4S/c1-16-4-7-20(12-21(16)29)26-25(30-27(36-26)18-8-9-18)28(33)31(14-17-5-6-17)15-22(32)19-10-11-23(34-2)24(13-19)35-3/h4,7,10-13,17-18,22,32H,5-6,8-9,14-15H2,1-3H3. The highest BCUT2D eigenvalue weighted by Gasteiger charge is 2.34. The van der Waals surface area contributed by atoms with E-state index >= 15 is 0 Å². The van der Waals surface area contributed by atoms with E-state index in [2.05, 4.69) is 0 Å². The van der Waals surface area contributed by atoms with Gasteiger partial charge < -0.3 is 19.5 Å². The van der Waals surface area contributed by atoms with Crippen molar-refractivity contribution >= 4 is 17.2 Å². The van der Waals surface area contributed by atoms with E-state index in [0.29, 0.717) is 57.1 Å². The lowest BCUT2D eigenvalue weighted by molar-refractivity contribution is 0.0606. The van der Waals surface area contributed by atoms with Gasteiger partial charge in [-0.05, 0) is 73.4 Å². The van der Waals surface area contributed by atoms with Crippen molar-refractivity contribution in [1.82, 2.24) is 9.88 Å². The summed E-state index contributed by atoms with van der Waals surface area (Å²) in [4.78, 5) is 21.1. The van der Waals surface area contributed by atoms with Crippen LogP contribution in [0.4, 0.5) is 4.39 Å². The Morgan fingerprint density at radius 1 is 1.14 bits per heavy atom. The lowest BCUT2D eigenvalue weighted by atomic mass is 10.1. The van der Waals surface area contributed by atoms with Gasteiger partial charge in [-0.1, -0.05) is 18.2 Å². The molecule has 0 saturated heterocycles. The predicted octanol–water partition coefficient (Wildman–Crippen LogP) is 5.74. The lowest BCUT2D eigenvalue weighted by Gasteiger charge is -2.26. The van der Waals surface area contributed by atoms with Crippen LogP contribution in [-0.2, 0) is 0 Å². The molecule has 1 unspecified atom stereocenters. The zero-order valence-electron chi connectivity index (χ0n) is 20.8. The molecule has 5 rings (SSSR count). The van der Waals surface area contributed by atoms with E-state index in [1.165, 1.54) is 17.4 Å². The summed E-state index contributed by atoms with van der Waals surface area (Å²) in [5.74, 6) is 1.37. The van der Waals surface area contributed by atoms with Crippen molar-refractivity contribution in [3.8, 4) is 21.9 Å². The molecule has 1 atom stereocenters. The summed E-state index contributed by atoms with van der Waals surface area (Å²) < 4.78 is 25.1. The minimum Gasteiger partial charge on any atom is -0.493 e. The van der Waals surface area contributed by atoms with Crippen molar-refractivity contribution in [2.24, 2.45) is 5.92 Å². The van der Waals surface area contributed by atoms with Crippen LogP contribution in [0, 0.1) is 18.7 Å². The SMILES string of the molecule is COc1ccc(C(O)CN(CC2CC2)C(=O)c2nc(C3CC3)sc2-c2ccc(C)c(F)c2)cc1OC. The van der Waals surface area contributed by atoms with Crippen LogP contribution in [0.25, 0.3) is 10.4 Å². The second-order valence-electron chi connectivity index (χ2n) is 9.75. The number of aromatic nitrogens is 1. The van der Waals surface area contributed by atoms with Crippen LogP contribution in [-0.4, -0.2) is 48.2 Å². The fourth-order valence-electron chi connectivity index (χ4n) is 4.29. The van der Waals surface area contributed by atoms with Crippen molar-refractivity contribution in [2.75, 3.05) is 27.3 Å². The number of amides is 1. The molecule has 3 aromatic rings. The number of ether oxygens (including phenoxy) is 2. The van der Waals surface area contributed by atoms with Gasteiger partial charge in [0.05, 0.1) is 36.8 Å². The van der Waals surface area contributed by atoms with Crippen LogP contribution in [0.1, 0.15) is 64.3 Å². The molecule has 2 aliphatic carbocycles. The molecule has 6 nitrogen and oxygen atoms in total. The quantitative estimate of drug-likeness (QED) is 0.377. The van der Waals surface area contributed by atoms with Gasteiger partial charge in [0.2, 0.25) is 0 Å². The average Bonchev–Trinajstić information content (AvgIpc) is 3.83. The lowest BCUT2D eigenvalue weighted by Crippen LogP contribution is -2.37. The summed E-state index contributed by atoms with van der Waals surface area (Å²) in [6.45, 7) is 2.41. The number of hydrogen-bond acceptors (Lipinski definition) is 6. The molecule has 0 spiro atoms.